The minimum Gasteiger partial charge on any atom is -0.494 e. The number of hydrogen-bond acceptors (Lipinski definition) is 2. The van der Waals surface area contributed by atoms with Crippen molar-refractivity contribution >= 4 is 29.0 Å². The Kier molecular flexibility index (Phi) is 4.08. The van der Waals surface area contributed by atoms with E-state index in [1.165, 1.54) is 43.5 Å². The average molecular weight is 299 g/mol. The normalized spacial score (nSPS) is 10.3. The molecular weight excluding hydrogens is 290 g/mol. The van der Waals surface area contributed by atoms with Gasteiger partial charge in [0.1, 0.15) is 0 Å². The van der Waals surface area contributed by atoms with Crippen molar-refractivity contribution < 1.29 is 13.9 Å². The number of ketones is 1. The highest BCUT2D eigenvalue weighted by molar-refractivity contribution is 6.35. The summed E-state index contributed by atoms with van der Waals surface area (Å²) in [5, 5.41) is 0.731. The second kappa shape index (κ2) is 5.59. The van der Waals surface area contributed by atoms with Gasteiger partial charge in [-0.15, -0.1) is 0 Å². The lowest BCUT2D eigenvalue weighted by atomic mass is 10.0. The maximum absolute atomic E-state index is 13.3. The van der Waals surface area contributed by atoms with Crippen LogP contribution in [0.25, 0.3) is 0 Å². The highest BCUT2D eigenvalue weighted by atomic mass is 35.5. The SMILES string of the molecule is COc1cc(C(=O)c2cc(Cl)cc(Cl)c2)ccc1F. The van der Waals surface area contributed by atoms with Crippen molar-refractivity contribution in [3.8, 4) is 5.75 Å². The topological polar surface area (TPSA) is 26.3 Å². The van der Waals surface area contributed by atoms with Crippen LogP contribution in [0.15, 0.2) is 36.4 Å². The van der Waals surface area contributed by atoms with E-state index in [4.69, 9.17) is 27.9 Å². The molecule has 0 aliphatic carbocycles. The van der Waals surface area contributed by atoms with Crippen LogP contribution in [0.4, 0.5) is 4.39 Å². The zero-order chi connectivity index (χ0) is 14.0. The quantitative estimate of drug-likeness (QED) is 0.787. The van der Waals surface area contributed by atoms with Crippen molar-refractivity contribution in [2.75, 3.05) is 7.11 Å². The number of benzene rings is 2. The third-order valence-electron chi connectivity index (χ3n) is 2.54. The van der Waals surface area contributed by atoms with E-state index in [-0.39, 0.29) is 11.5 Å². The van der Waals surface area contributed by atoms with E-state index in [0.29, 0.717) is 21.2 Å². The zero-order valence-electron chi connectivity index (χ0n) is 9.91. The summed E-state index contributed by atoms with van der Waals surface area (Å²) >= 11 is 11.7. The lowest BCUT2D eigenvalue weighted by molar-refractivity contribution is 0.103. The Labute approximate surface area is 119 Å². The van der Waals surface area contributed by atoms with E-state index in [1.54, 1.807) is 0 Å². The largest absolute Gasteiger partial charge is 0.494 e. The molecule has 0 saturated heterocycles. The molecule has 2 nitrogen and oxygen atoms in total. The van der Waals surface area contributed by atoms with Gasteiger partial charge in [-0.3, -0.25) is 4.79 Å². The predicted molar refractivity (Wildman–Crippen MR) is 72.8 cm³/mol. The van der Waals surface area contributed by atoms with Crippen LogP contribution in [0.1, 0.15) is 15.9 Å². The Morgan fingerprint density at radius 3 is 2.26 bits per heavy atom. The number of ether oxygens (including phenoxy) is 1. The molecule has 0 N–H and O–H groups in total. The summed E-state index contributed by atoms with van der Waals surface area (Å²) in [5.41, 5.74) is 0.641. The van der Waals surface area contributed by atoms with Gasteiger partial charge >= 0.3 is 0 Å². The summed E-state index contributed by atoms with van der Waals surface area (Å²) in [6.45, 7) is 0. The molecule has 0 aliphatic rings. The molecule has 0 aliphatic heterocycles. The Hall–Kier alpha value is -1.58. The molecule has 0 atom stereocenters. The van der Waals surface area contributed by atoms with Crippen molar-refractivity contribution in [3.05, 3.63) is 63.4 Å². The molecule has 98 valence electrons. The van der Waals surface area contributed by atoms with Crippen LogP contribution in [-0.4, -0.2) is 12.9 Å². The minimum absolute atomic E-state index is 0.0129. The number of rotatable bonds is 3. The molecule has 19 heavy (non-hydrogen) atoms. The van der Waals surface area contributed by atoms with Gasteiger partial charge in [-0.25, -0.2) is 4.39 Å². The number of carbonyl (C=O) groups excluding carboxylic acids is 1. The number of methoxy groups -OCH3 is 1. The molecule has 0 heterocycles. The molecule has 2 aromatic rings. The molecule has 0 radical (unpaired) electrons. The van der Waals surface area contributed by atoms with E-state index in [1.807, 2.05) is 0 Å². The van der Waals surface area contributed by atoms with Gasteiger partial charge in [0.2, 0.25) is 0 Å². The molecule has 5 heteroatoms. The van der Waals surface area contributed by atoms with Gasteiger partial charge < -0.3 is 4.74 Å². The van der Waals surface area contributed by atoms with Crippen molar-refractivity contribution in [1.29, 1.82) is 0 Å². The van der Waals surface area contributed by atoms with Gasteiger partial charge in [-0.05, 0) is 36.4 Å². The van der Waals surface area contributed by atoms with Crippen LogP contribution >= 0.6 is 23.2 Å². The molecule has 2 aromatic carbocycles. The molecule has 0 bridgehead atoms. The molecule has 0 amide bonds. The Morgan fingerprint density at radius 1 is 1.05 bits per heavy atom. The first-order valence-electron chi connectivity index (χ1n) is 5.35. The van der Waals surface area contributed by atoms with Crippen molar-refractivity contribution in [2.24, 2.45) is 0 Å². The van der Waals surface area contributed by atoms with Gasteiger partial charge in [0.25, 0.3) is 0 Å². The monoisotopic (exact) mass is 298 g/mol. The highest BCUT2D eigenvalue weighted by Gasteiger charge is 2.13. The average Bonchev–Trinajstić information content (AvgIpc) is 2.37. The molecule has 2 rings (SSSR count). The van der Waals surface area contributed by atoms with Gasteiger partial charge in [-0.1, -0.05) is 23.2 Å². The lowest BCUT2D eigenvalue weighted by Crippen LogP contribution is -2.02. The summed E-state index contributed by atoms with van der Waals surface area (Å²) in [4.78, 5) is 12.2. The van der Waals surface area contributed by atoms with Crippen LogP contribution in [0, 0.1) is 5.82 Å². The fraction of sp³-hybridized carbons (Fsp3) is 0.0714. The zero-order valence-corrected chi connectivity index (χ0v) is 11.4. The van der Waals surface area contributed by atoms with Gasteiger partial charge in [-0.2, -0.15) is 0 Å². The Bertz CT molecular complexity index is 621. The standard InChI is InChI=1S/C14H9Cl2FO2/c1-19-13-6-8(2-3-12(13)17)14(18)9-4-10(15)7-11(16)5-9/h2-7H,1H3. The maximum atomic E-state index is 13.3. The van der Waals surface area contributed by atoms with Gasteiger partial charge in [0, 0.05) is 21.2 Å². The second-order valence-corrected chi connectivity index (χ2v) is 4.71. The van der Waals surface area contributed by atoms with Crippen LogP contribution in [0.3, 0.4) is 0 Å². The summed E-state index contributed by atoms with van der Waals surface area (Å²) in [5.74, 6) is -0.815. The summed E-state index contributed by atoms with van der Waals surface area (Å²) in [6, 6.07) is 8.45. The van der Waals surface area contributed by atoms with E-state index >= 15 is 0 Å². The van der Waals surface area contributed by atoms with Gasteiger partial charge in [0.15, 0.2) is 17.3 Å². The number of hydrogen-bond donors (Lipinski definition) is 0. The van der Waals surface area contributed by atoms with Crippen LogP contribution in [0.2, 0.25) is 10.0 Å². The molecule has 0 unspecified atom stereocenters. The highest BCUT2D eigenvalue weighted by Crippen LogP contribution is 2.24. The first-order valence-corrected chi connectivity index (χ1v) is 6.11. The predicted octanol–water partition coefficient (Wildman–Crippen LogP) is 4.37. The van der Waals surface area contributed by atoms with Crippen molar-refractivity contribution in [3.63, 3.8) is 0 Å². The van der Waals surface area contributed by atoms with E-state index in [2.05, 4.69) is 0 Å². The number of carbonyl (C=O) groups is 1. The summed E-state index contributed by atoms with van der Waals surface area (Å²) < 4.78 is 18.1. The van der Waals surface area contributed by atoms with E-state index in [0.717, 1.165) is 0 Å². The van der Waals surface area contributed by atoms with E-state index < -0.39 is 5.82 Å². The van der Waals surface area contributed by atoms with Crippen LogP contribution < -0.4 is 4.74 Å². The van der Waals surface area contributed by atoms with Crippen molar-refractivity contribution in [1.82, 2.24) is 0 Å². The number of halogens is 3. The smallest absolute Gasteiger partial charge is 0.193 e. The lowest BCUT2D eigenvalue weighted by Gasteiger charge is -2.06. The first kappa shape index (κ1) is 13.8. The molecule has 0 saturated carbocycles. The third-order valence-corrected chi connectivity index (χ3v) is 2.97. The molecule has 0 spiro atoms. The third kappa shape index (κ3) is 3.06. The van der Waals surface area contributed by atoms with E-state index in [9.17, 15) is 9.18 Å². The maximum Gasteiger partial charge on any atom is 0.193 e. The fourth-order valence-electron chi connectivity index (χ4n) is 1.65. The molecule has 0 aromatic heterocycles. The molecular formula is C14H9Cl2FO2. The van der Waals surface area contributed by atoms with Crippen LogP contribution in [0.5, 0.6) is 5.75 Å². The Balaban J connectivity index is 2.43. The first-order chi connectivity index (χ1) is 9.01. The fourth-order valence-corrected chi connectivity index (χ4v) is 2.18. The minimum atomic E-state index is -0.525. The summed E-state index contributed by atoms with van der Waals surface area (Å²) in [7, 11) is 1.34. The van der Waals surface area contributed by atoms with Gasteiger partial charge in [0.05, 0.1) is 7.11 Å². The summed E-state index contributed by atoms with van der Waals surface area (Å²) in [6.07, 6.45) is 0. The second-order valence-electron chi connectivity index (χ2n) is 3.84. The van der Waals surface area contributed by atoms with Crippen LogP contribution in [-0.2, 0) is 0 Å². The Morgan fingerprint density at radius 2 is 1.68 bits per heavy atom. The molecule has 0 fully saturated rings. The van der Waals surface area contributed by atoms with Crippen molar-refractivity contribution in [2.45, 2.75) is 0 Å².